The average molecular weight is 257 g/mol. The number of fused-ring (bicyclic) bond motifs is 1. The molecule has 0 bridgehead atoms. The Bertz CT molecular complexity index is 580. The normalized spacial score (nSPS) is 20.8. The maximum atomic E-state index is 5.56. The van der Waals surface area contributed by atoms with Crippen LogP contribution in [-0.2, 0) is 6.54 Å². The minimum atomic E-state index is 0.457. The summed E-state index contributed by atoms with van der Waals surface area (Å²) in [6.07, 6.45) is 1.88. The van der Waals surface area contributed by atoms with E-state index in [0.29, 0.717) is 10.8 Å². The number of hydrogen-bond acceptors (Lipinski definition) is 2. The van der Waals surface area contributed by atoms with Gasteiger partial charge in [0.2, 0.25) is 0 Å². The van der Waals surface area contributed by atoms with Crippen LogP contribution in [0.5, 0.6) is 0 Å². The third kappa shape index (κ3) is 1.90. The van der Waals surface area contributed by atoms with E-state index in [4.69, 9.17) is 4.42 Å². The van der Waals surface area contributed by atoms with Crippen LogP contribution >= 0.6 is 0 Å². The quantitative estimate of drug-likeness (QED) is 0.887. The van der Waals surface area contributed by atoms with Crippen molar-refractivity contribution in [3.05, 3.63) is 36.1 Å². The van der Waals surface area contributed by atoms with Gasteiger partial charge in [0.05, 0.1) is 6.26 Å². The number of rotatable bonds is 4. The number of benzene rings is 1. The number of para-hydroxylation sites is 1. The summed E-state index contributed by atoms with van der Waals surface area (Å²) in [6.45, 7) is 11.4. The third-order valence-electron chi connectivity index (χ3n) is 5.54. The van der Waals surface area contributed by atoms with Gasteiger partial charge in [-0.2, -0.15) is 0 Å². The summed E-state index contributed by atoms with van der Waals surface area (Å²) in [5.74, 6) is 0.762. The fraction of sp³-hybridized carbons (Fsp3) is 0.529. The van der Waals surface area contributed by atoms with Crippen molar-refractivity contribution >= 4 is 11.0 Å². The molecule has 1 aromatic heterocycles. The van der Waals surface area contributed by atoms with Gasteiger partial charge in [-0.25, -0.2) is 0 Å². The molecule has 0 atom stereocenters. The van der Waals surface area contributed by atoms with Crippen molar-refractivity contribution in [3.8, 4) is 0 Å². The van der Waals surface area contributed by atoms with E-state index in [9.17, 15) is 0 Å². The molecule has 2 nitrogen and oxygen atoms in total. The molecule has 0 radical (unpaired) electrons. The molecular weight excluding hydrogens is 234 g/mol. The molecule has 102 valence electrons. The fourth-order valence-corrected chi connectivity index (χ4v) is 3.36. The van der Waals surface area contributed by atoms with Crippen molar-refractivity contribution in [1.82, 2.24) is 5.32 Å². The van der Waals surface area contributed by atoms with Gasteiger partial charge in [0, 0.05) is 17.5 Å². The van der Waals surface area contributed by atoms with Crippen LogP contribution in [0, 0.1) is 16.7 Å². The summed E-state index contributed by atoms with van der Waals surface area (Å²) in [5, 5.41) is 4.82. The first-order valence-corrected chi connectivity index (χ1v) is 7.10. The van der Waals surface area contributed by atoms with Gasteiger partial charge in [-0.1, -0.05) is 45.9 Å². The lowest BCUT2D eigenvalue weighted by atomic mass is 10.0. The number of nitrogens with one attached hydrogen (secondary N) is 1. The van der Waals surface area contributed by atoms with Crippen molar-refractivity contribution in [2.24, 2.45) is 16.7 Å². The van der Waals surface area contributed by atoms with Crippen LogP contribution in [0.3, 0.4) is 0 Å². The molecule has 2 heteroatoms. The van der Waals surface area contributed by atoms with Gasteiger partial charge in [0.25, 0.3) is 0 Å². The molecule has 2 aromatic rings. The SMILES string of the molecule is CC1(C)C(CNCc2coc3ccccc23)C1(C)C. The zero-order valence-electron chi connectivity index (χ0n) is 12.3. The van der Waals surface area contributed by atoms with Gasteiger partial charge >= 0.3 is 0 Å². The van der Waals surface area contributed by atoms with E-state index < -0.39 is 0 Å². The summed E-state index contributed by atoms with van der Waals surface area (Å²) >= 11 is 0. The molecular formula is C17H23NO. The molecule has 0 spiro atoms. The molecule has 1 N–H and O–H groups in total. The zero-order valence-corrected chi connectivity index (χ0v) is 12.3. The van der Waals surface area contributed by atoms with E-state index in [0.717, 1.165) is 24.6 Å². The van der Waals surface area contributed by atoms with E-state index in [1.807, 2.05) is 18.4 Å². The van der Waals surface area contributed by atoms with Crippen LogP contribution in [-0.4, -0.2) is 6.54 Å². The minimum Gasteiger partial charge on any atom is -0.464 e. The highest BCUT2D eigenvalue weighted by molar-refractivity contribution is 5.80. The Morgan fingerprint density at radius 2 is 1.79 bits per heavy atom. The van der Waals surface area contributed by atoms with E-state index in [2.05, 4.69) is 45.1 Å². The second-order valence-electron chi connectivity index (χ2n) is 6.88. The first-order chi connectivity index (χ1) is 8.94. The van der Waals surface area contributed by atoms with Crippen LogP contribution in [0.2, 0.25) is 0 Å². The summed E-state index contributed by atoms with van der Waals surface area (Å²) in [5.41, 5.74) is 3.15. The van der Waals surface area contributed by atoms with Gasteiger partial charge in [-0.05, 0) is 29.4 Å². The predicted molar refractivity (Wildman–Crippen MR) is 79.0 cm³/mol. The molecule has 19 heavy (non-hydrogen) atoms. The molecule has 0 unspecified atom stereocenters. The Morgan fingerprint density at radius 3 is 2.47 bits per heavy atom. The van der Waals surface area contributed by atoms with Crippen molar-refractivity contribution in [1.29, 1.82) is 0 Å². The minimum absolute atomic E-state index is 0.457. The lowest BCUT2D eigenvalue weighted by Gasteiger charge is -2.05. The Hall–Kier alpha value is -1.28. The lowest BCUT2D eigenvalue weighted by molar-refractivity contribution is 0.457. The van der Waals surface area contributed by atoms with Gasteiger partial charge in [-0.3, -0.25) is 0 Å². The molecule has 1 aliphatic rings. The Morgan fingerprint density at radius 1 is 1.11 bits per heavy atom. The van der Waals surface area contributed by atoms with Crippen molar-refractivity contribution < 1.29 is 4.42 Å². The summed E-state index contributed by atoms with van der Waals surface area (Å²) in [6, 6.07) is 8.22. The lowest BCUT2D eigenvalue weighted by Crippen LogP contribution is -2.18. The largest absolute Gasteiger partial charge is 0.464 e. The smallest absolute Gasteiger partial charge is 0.134 e. The van der Waals surface area contributed by atoms with E-state index in [1.54, 1.807) is 0 Å². The Balaban J connectivity index is 1.62. The monoisotopic (exact) mass is 257 g/mol. The Kier molecular flexibility index (Phi) is 2.75. The van der Waals surface area contributed by atoms with Crippen LogP contribution in [0.1, 0.15) is 33.3 Å². The number of hydrogen-bond donors (Lipinski definition) is 1. The molecule has 0 amide bonds. The van der Waals surface area contributed by atoms with Crippen molar-refractivity contribution in [3.63, 3.8) is 0 Å². The highest BCUT2D eigenvalue weighted by Crippen LogP contribution is 2.67. The zero-order chi connectivity index (χ0) is 13.7. The average Bonchev–Trinajstić information content (AvgIpc) is 2.68. The maximum Gasteiger partial charge on any atom is 0.134 e. The summed E-state index contributed by atoms with van der Waals surface area (Å²) < 4.78 is 5.56. The van der Waals surface area contributed by atoms with E-state index in [-0.39, 0.29) is 0 Å². The Labute approximate surface area is 115 Å². The molecule has 1 heterocycles. The second kappa shape index (κ2) is 4.11. The van der Waals surface area contributed by atoms with Crippen molar-refractivity contribution in [2.75, 3.05) is 6.54 Å². The first kappa shape index (κ1) is 12.7. The van der Waals surface area contributed by atoms with Crippen molar-refractivity contribution in [2.45, 2.75) is 34.2 Å². The highest BCUT2D eigenvalue weighted by Gasteiger charge is 2.63. The van der Waals surface area contributed by atoms with Gasteiger partial charge in [0.1, 0.15) is 5.58 Å². The van der Waals surface area contributed by atoms with Crippen LogP contribution in [0.25, 0.3) is 11.0 Å². The number of furan rings is 1. The summed E-state index contributed by atoms with van der Waals surface area (Å²) in [4.78, 5) is 0. The summed E-state index contributed by atoms with van der Waals surface area (Å²) in [7, 11) is 0. The molecule has 1 saturated carbocycles. The van der Waals surface area contributed by atoms with E-state index >= 15 is 0 Å². The highest BCUT2D eigenvalue weighted by atomic mass is 16.3. The topological polar surface area (TPSA) is 25.2 Å². The predicted octanol–water partition coefficient (Wildman–Crippen LogP) is 4.20. The molecule has 0 aliphatic heterocycles. The van der Waals surface area contributed by atoms with E-state index in [1.165, 1.54) is 10.9 Å². The molecule has 0 saturated heterocycles. The third-order valence-corrected chi connectivity index (χ3v) is 5.54. The van der Waals surface area contributed by atoms with Gasteiger partial charge in [0.15, 0.2) is 0 Å². The molecule has 1 aliphatic carbocycles. The first-order valence-electron chi connectivity index (χ1n) is 7.10. The van der Waals surface area contributed by atoms with Crippen LogP contribution in [0.15, 0.2) is 34.9 Å². The fourth-order valence-electron chi connectivity index (χ4n) is 3.36. The van der Waals surface area contributed by atoms with Gasteiger partial charge < -0.3 is 9.73 Å². The molecule has 1 fully saturated rings. The maximum absolute atomic E-state index is 5.56. The standard InChI is InChI=1S/C17H23NO/c1-16(2)15(17(16,3)4)10-18-9-12-11-19-14-8-6-5-7-13(12)14/h5-8,11,15,18H,9-10H2,1-4H3. The van der Waals surface area contributed by atoms with Crippen LogP contribution in [0.4, 0.5) is 0 Å². The molecule has 1 aromatic carbocycles. The van der Waals surface area contributed by atoms with Crippen LogP contribution < -0.4 is 5.32 Å². The molecule has 3 rings (SSSR count). The second-order valence-corrected chi connectivity index (χ2v) is 6.88. The van der Waals surface area contributed by atoms with Gasteiger partial charge in [-0.15, -0.1) is 0 Å².